The molecule has 0 radical (unpaired) electrons. The topological polar surface area (TPSA) is 83.5 Å². The van der Waals surface area contributed by atoms with Crippen molar-refractivity contribution in [3.8, 4) is 0 Å². The van der Waals surface area contributed by atoms with Gasteiger partial charge in [0.25, 0.3) is 0 Å². The number of aliphatic carboxylic acids is 1. The molecule has 5 nitrogen and oxygen atoms in total. The molecule has 1 aliphatic rings. The van der Waals surface area contributed by atoms with Crippen LogP contribution in [-0.4, -0.2) is 31.8 Å². The van der Waals surface area contributed by atoms with Crippen molar-refractivity contribution >= 4 is 16.0 Å². The highest BCUT2D eigenvalue weighted by Gasteiger charge is 2.28. The fourth-order valence-corrected chi connectivity index (χ4v) is 2.64. The maximum atomic E-state index is 10.9. The van der Waals surface area contributed by atoms with Gasteiger partial charge in [0.1, 0.15) is 0 Å². The molecule has 0 saturated heterocycles. The van der Waals surface area contributed by atoms with Gasteiger partial charge in [-0.15, -0.1) is 0 Å². The second kappa shape index (κ2) is 4.27. The van der Waals surface area contributed by atoms with Crippen LogP contribution in [0.5, 0.6) is 0 Å². The molecule has 0 aromatic heterocycles. The summed E-state index contributed by atoms with van der Waals surface area (Å²) in [6, 6.07) is -0.208. The summed E-state index contributed by atoms with van der Waals surface area (Å²) < 4.78 is 24.3. The summed E-state index contributed by atoms with van der Waals surface area (Å²) in [5.41, 5.74) is 0. The third-order valence-corrected chi connectivity index (χ3v) is 3.17. The summed E-state index contributed by atoms with van der Waals surface area (Å²) in [4.78, 5) is 10.7. The third-order valence-electron chi connectivity index (χ3n) is 2.40. The fraction of sp³-hybridized carbons (Fsp3) is 0.875. The predicted molar refractivity (Wildman–Crippen MR) is 51.4 cm³/mol. The van der Waals surface area contributed by atoms with Gasteiger partial charge in [0.05, 0.1) is 12.2 Å². The monoisotopic (exact) mass is 221 g/mol. The van der Waals surface area contributed by atoms with Crippen molar-refractivity contribution in [2.45, 2.75) is 31.7 Å². The molecule has 2 atom stereocenters. The summed E-state index contributed by atoms with van der Waals surface area (Å²) in [5.74, 6) is -1.23. The van der Waals surface area contributed by atoms with Crippen LogP contribution in [0.1, 0.15) is 25.7 Å². The first-order chi connectivity index (χ1) is 6.38. The van der Waals surface area contributed by atoms with Gasteiger partial charge in [-0.05, 0) is 19.3 Å². The Labute approximate surface area is 83.6 Å². The van der Waals surface area contributed by atoms with Gasteiger partial charge in [-0.25, -0.2) is 13.1 Å². The van der Waals surface area contributed by atoms with E-state index in [0.717, 1.165) is 19.1 Å². The second-order valence-electron chi connectivity index (χ2n) is 3.79. The molecule has 0 heterocycles. The van der Waals surface area contributed by atoms with E-state index in [2.05, 4.69) is 4.72 Å². The van der Waals surface area contributed by atoms with E-state index in [9.17, 15) is 13.2 Å². The molecule has 0 aromatic rings. The molecule has 0 amide bonds. The molecule has 1 aliphatic carbocycles. The van der Waals surface area contributed by atoms with Crippen LogP contribution in [0, 0.1) is 5.92 Å². The number of carboxylic acids is 1. The molecule has 0 spiro atoms. The molecular weight excluding hydrogens is 206 g/mol. The molecule has 14 heavy (non-hydrogen) atoms. The lowest BCUT2D eigenvalue weighted by atomic mass is 9.86. The lowest BCUT2D eigenvalue weighted by Gasteiger charge is -2.26. The van der Waals surface area contributed by atoms with E-state index in [-0.39, 0.29) is 6.04 Å². The summed E-state index contributed by atoms with van der Waals surface area (Å²) in [7, 11) is -3.22. The molecule has 1 fully saturated rings. The Morgan fingerprint density at radius 2 is 2.07 bits per heavy atom. The van der Waals surface area contributed by atoms with Crippen LogP contribution in [0.25, 0.3) is 0 Å². The molecule has 0 bridgehead atoms. The van der Waals surface area contributed by atoms with Gasteiger partial charge >= 0.3 is 5.97 Å². The number of rotatable bonds is 3. The minimum Gasteiger partial charge on any atom is -0.481 e. The summed E-state index contributed by atoms with van der Waals surface area (Å²) in [6.07, 6.45) is 3.65. The zero-order chi connectivity index (χ0) is 10.8. The minimum atomic E-state index is -3.22. The standard InChI is InChI=1S/C8H15NO4S/c1-14(12,13)9-7-4-2-3-6(5-7)8(10)11/h6-7,9H,2-5H2,1H3,(H,10,11). The van der Waals surface area contributed by atoms with Gasteiger partial charge < -0.3 is 5.11 Å². The van der Waals surface area contributed by atoms with E-state index in [1.165, 1.54) is 0 Å². The first-order valence-corrected chi connectivity index (χ1v) is 6.48. The van der Waals surface area contributed by atoms with Crippen molar-refractivity contribution in [2.24, 2.45) is 5.92 Å². The van der Waals surface area contributed by atoms with E-state index in [1.54, 1.807) is 0 Å². The molecule has 0 aliphatic heterocycles. The number of hydrogen-bond acceptors (Lipinski definition) is 3. The Kier molecular flexibility index (Phi) is 3.49. The normalized spacial score (nSPS) is 28.6. The highest BCUT2D eigenvalue weighted by molar-refractivity contribution is 7.88. The Morgan fingerprint density at radius 1 is 1.43 bits per heavy atom. The van der Waals surface area contributed by atoms with Crippen molar-refractivity contribution in [3.05, 3.63) is 0 Å². The largest absolute Gasteiger partial charge is 0.481 e. The molecule has 0 aromatic carbocycles. The minimum absolute atomic E-state index is 0.208. The average molecular weight is 221 g/mol. The van der Waals surface area contributed by atoms with Crippen molar-refractivity contribution in [2.75, 3.05) is 6.26 Å². The lowest BCUT2D eigenvalue weighted by Crippen LogP contribution is -2.39. The number of nitrogens with one attached hydrogen (secondary N) is 1. The smallest absolute Gasteiger partial charge is 0.306 e. The van der Waals surface area contributed by atoms with Gasteiger partial charge in [0, 0.05) is 6.04 Å². The van der Waals surface area contributed by atoms with E-state index in [0.29, 0.717) is 12.8 Å². The third kappa shape index (κ3) is 3.63. The molecule has 2 unspecified atom stereocenters. The van der Waals surface area contributed by atoms with Crippen molar-refractivity contribution in [1.29, 1.82) is 0 Å². The molecule has 2 N–H and O–H groups in total. The maximum absolute atomic E-state index is 10.9. The first kappa shape index (κ1) is 11.5. The first-order valence-electron chi connectivity index (χ1n) is 4.58. The van der Waals surface area contributed by atoms with Gasteiger partial charge in [-0.2, -0.15) is 0 Å². The van der Waals surface area contributed by atoms with Crippen LogP contribution >= 0.6 is 0 Å². The number of hydrogen-bond donors (Lipinski definition) is 2. The van der Waals surface area contributed by atoms with Crippen LogP contribution in [0.3, 0.4) is 0 Å². The maximum Gasteiger partial charge on any atom is 0.306 e. The summed E-state index contributed by atoms with van der Waals surface area (Å²) in [5, 5.41) is 8.78. The van der Waals surface area contributed by atoms with E-state index < -0.39 is 21.9 Å². The molecule has 6 heteroatoms. The molecular formula is C8H15NO4S. The number of sulfonamides is 1. The predicted octanol–water partition coefficient (Wildman–Crippen LogP) is 0.179. The molecule has 1 saturated carbocycles. The van der Waals surface area contributed by atoms with Crippen molar-refractivity contribution in [3.63, 3.8) is 0 Å². The van der Waals surface area contributed by atoms with E-state index >= 15 is 0 Å². The van der Waals surface area contributed by atoms with E-state index in [4.69, 9.17) is 5.11 Å². The second-order valence-corrected chi connectivity index (χ2v) is 5.57. The van der Waals surface area contributed by atoms with Crippen LogP contribution < -0.4 is 4.72 Å². The summed E-state index contributed by atoms with van der Waals surface area (Å²) >= 11 is 0. The zero-order valence-corrected chi connectivity index (χ0v) is 8.88. The van der Waals surface area contributed by atoms with Gasteiger partial charge in [-0.3, -0.25) is 4.79 Å². The highest BCUT2D eigenvalue weighted by Crippen LogP contribution is 2.24. The number of carbonyl (C=O) groups is 1. The summed E-state index contributed by atoms with van der Waals surface area (Å²) in [6.45, 7) is 0. The van der Waals surface area contributed by atoms with E-state index in [1.807, 2.05) is 0 Å². The Morgan fingerprint density at radius 3 is 2.57 bits per heavy atom. The zero-order valence-electron chi connectivity index (χ0n) is 8.06. The quantitative estimate of drug-likeness (QED) is 0.712. The van der Waals surface area contributed by atoms with Crippen LogP contribution in [0.4, 0.5) is 0 Å². The number of carboxylic acid groups (broad SMARTS) is 1. The van der Waals surface area contributed by atoms with Crippen LogP contribution in [-0.2, 0) is 14.8 Å². The Balaban J connectivity index is 2.52. The van der Waals surface area contributed by atoms with Crippen LogP contribution in [0.15, 0.2) is 0 Å². The molecule has 82 valence electrons. The average Bonchev–Trinajstić information content (AvgIpc) is 2.01. The van der Waals surface area contributed by atoms with Gasteiger partial charge in [0.2, 0.25) is 10.0 Å². The SMILES string of the molecule is CS(=O)(=O)NC1CCCC(C(=O)O)C1. The fourth-order valence-electron chi connectivity index (χ4n) is 1.82. The Bertz CT molecular complexity index is 311. The molecule has 1 rings (SSSR count). The van der Waals surface area contributed by atoms with Gasteiger partial charge in [-0.1, -0.05) is 6.42 Å². The Hall–Kier alpha value is -0.620. The lowest BCUT2D eigenvalue weighted by molar-refractivity contribution is -0.143. The highest BCUT2D eigenvalue weighted by atomic mass is 32.2. The van der Waals surface area contributed by atoms with Crippen molar-refractivity contribution in [1.82, 2.24) is 4.72 Å². The van der Waals surface area contributed by atoms with Crippen LogP contribution in [0.2, 0.25) is 0 Å². The van der Waals surface area contributed by atoms with Crippen molar-refractivity contribution < 1.29 is 18.3 Å². The van der Waals surface area contributed by atoms with Gasteiger partial charge in [0.15, 0.2) is 0 Å².